The van der Waals surface area contributed by atoms with Gasteiger partial charge in [0.25, 0.3) is 0 Å². The molecule has 1 aliphatic rings. The van der Waals surface area contributed by atoms with E-state index in [4.69, 9.17) is 10.5 Å². The molecule has 1 aromatic carbocycles. The number of hydrogen-bond acceptors (Lipinski definition) is 8. The number of nitrogens with zero attached hydrogens (tertiary/aromatic N) is 5. The summed E-state index contributed by atoms with van der Waals surface area (Å²) in [5, 5.41) is 6.71. The van der Waals surface area contributed by atoms with E-state index in [1.165, 1.54) is 0 Å². The van der Waals surface area contributed by atoms with Crippen molar-refractivity contribution in [3.63, 3.8) is 0 Å². The third kappa shape index (κ3) is 4.82. The van der Waals surface area contributed by atoms with Crippen molar-refractivity contribution >= 4 is 23.1 Å². The number of hydrogen-bond donors (Lipinski definition) is 3. The van der Waals surface area contributed by atoms with E-state index in [2.05, 4.69) is 30.5 Å². The standard InChI is InChI=1S/C20H26N8O/c1-15-2-3-16(21)12-17(15)26-20-23-5-7-28(20)19-13-18(24-14-25-19)22-4-6-27-8-10-29-11-9-27/h2-3,5,7,12-14H,4,6,8-11,21H2,1H3,(H,23,26)(H,22,24,25). The van der Waals surface area contributed by atoms with Crippen LogP contribution in [0, 0.1) is 6.92 Å². The van der Waals surface area contributed by atoms with E-state index in [9.17, 15) is 0 Å². The molecular weight excluding hydrogens is 368 g/mol. The predicted octanol–water partition coefficient (Wildman–Crippen LogP) is 2.04. The number of aryl methyl sites for hydroxylation is 1. The summed E-state index contributed by atoms with van der Waals surface area (Å²) in [6.07, 6.45) is 5.16. The summed E-state index contributed by atoms with van der Waals surface area (Å²) < 4.78 is 7.27. The highest BCUT2D eigenvalue weighted by Gasteiger charge is 2.11. The third-order valence-corrected chi connectivity index (χ3v) is 4.89. The van der Waals surface area contributed by atoms with Crippen LogP contribution in [0.4, 0.5) is 23.1 Å². The van der Waals surface area contributed by atoms with E-state index in [1.54, 1.807) is 12.5 Å². The number of nitrogens with one attached hydrogen (secondary N) is 2. The number of aromatic nitrogens is 4. The van der Waals surface area contributed by atoms with Crippen molar-refractivity contribution in [1.29, 1.82) is 0 Å². The van der Waals surface area contributed by atoms with Gasteiger partial charge in [0.05, 0.1) is 13.2 Å². The summed E-state index contributed by atoms with van der Waals surface area (Å²) >= 11 is 0. The number of nitrogen functional groups attached to an aromatic ring is 1. The number of anilines is 4. The number of nitrogens with two attached hydrogens (primary N) is 1. The topological polar surface area (TPSA) is 106 Å². The minimum atomic E-state index is 0.664. The number of imidazole rings is 1. The van der Waals surface area contributed by atoms with Gasteiger partial charge in [-0.15, -0.1) is 0 Å². The minimum absolute atomic E-state index is 0.664. The first-order valence-electron chi connectivity index (χ1n) is 9.72. The van der Waals surface area contributed by atoms with Gasteiger partial charge >= 0.3 is 0 Å². The zero-order valence-corrected chi connectivity index (χ0v) is 16.5. The molecule has 29 heavy (non-hydrogen) atoms. The second-order valence-electron chi connectivity index (χ2n) is 6.96. The molecule has 0 aliphatic carbocycles. The summed E-state index contributed by atoms with van der Waals surface area (Å²) in [6, 6.07) is 7.67. The largest absolute Gasteiger partial charge is 0.399 e. The molecule has 4 N–H and O–H groups in total. The Labute approximate surface area is 169 Å². The fourth-order valence-corrected chi connectivity index (χ4v) is 3.22. The van der Waals surface area contributed by atoms with E-state index in [0.717, 1.165) is 62.3 Å². The third-order valence-electron chi connectivity index (χ3n) is 4.89. The lowest BCUT2D eigenvalue weighted by Crippen LogP contribution is -2.39. The van der Waals surface area contributed by atoms with Gasteiger partial charge in [0.15, 0.2) is 0 Å². The van der Waals surface area contributed by atoms with Gasteiger partial charge in [-0.3, -0.25) is 9.47 Å². The molecule has 9 heteroatoms. The van der Waals surface area contributed by atoms with E-state index in [-0.39, 0.29) is 0 Å². The molecule has 9 nitrogen and oxygen atoms in total. The lowest BCUT2D eigenvalue weighted by molar-refractivity contribution is 0.0398. The Morgan fingerprint density at radius 3 is 2.86 bits per heavy atom. The maximum atomic E-state index is 5.92. The summed E-state index contributed by atoms with van der Waals surface area (Å²) in [5.74, 6) is 2.18. The van der Waals surface area contributed by atoms with Crippen molar-refractivity contribution in [3.8, 4) is 5.82 Å². The molecule has 0 unspecified atom stereocenters. The maximum absolute atomic E-state index is 5.92. The summed E-state index contributed by atoms with van der Waals surface area (Å²) in [4.78, 5) is 15.5. The molecule has 0 atom stereocenters. The maximum Gasteiger partial charge on any atom is 0.213 e. The van der Waals surface area contributed by atoms with Gasteiger partial charge in [0.1, 0.15) is 18.0 Å². The number of morpholine rings is 1. The van der Waals surface area contributed by atoms with Gasteiger partial charge < -0.3 is 21.1 Å². The summed E-state index contributed by atoms with van der Waals surface area (Å²) in [5.41, 5.74) is 8.62. The highest BCUT2D eigenvalue weighted by molar-refractivity contribution is 5.65. The van der Waals surface area contributed by atoms with Crippen LogP contribution < -0.4 is 16.4 Å². The van der Waals surface area contributed by atoms with Gasteiger partial charge in [-0.25, -0.2) is 15.0 Å². The monoisotopic (exact) mass is 394 g/mol. The Bertz CT molecular complexity index is 951. The lowest BCUT2D eigenvalue weighted by atomic mass is 10.2. The van der Waals surface area contributed by atoms with Crippen LogP contribution in [0.5, 0.6) is 0 Å². The van der Waals surface area contributed by atoms with Crippen LogP contribution in [0.15, 0.2) is 43.0 Å². The fourth-order valence-electron chi connectivity index (χ4n) is 3.22. The SMILES string of the molecule is Cc1ccc(N)cc1Nc1nccn1-c1cc(NCCN2CCOCC2)ncn1. The van der Waals surface area contributed by atoms with Gasteiger partial charge in [-0.05, 0) is 24.6 Å². The number of rotatable bonds is 7. The van der Waals surface area contributed by atoms with Crippen molar-refractivity contribution in [2.75, 3.05) is 55.8 Å². The van der Waals surface area contributed by atoms with Crippen LogP contribution in [0.3, 0.4) is 0 Å². The van der Waals surface area contributed by atoms with Crippen molar-refractivity contribution in [1.82, 2.24) is 24.4 Å². The Morgan fingerprint density at radius 2 is 2.00 bits per heavy atom. The number of ether oxygens (including phenoxy) is 1. The van der Waals surface area contributed by atoms with Crippen LogP contribution in [0.25, 0.3) is 5.82 Å². The zero-order chi connectivity index (χ0) is 20.1. The Morgan fingerprint density at radius 1 is 1.14 bits per heavy atom. The van der Waals surface area contributed by atoms with Gasteiger partial charge in [-0.1, -0.05) is 6.07 Å². The van der Waals surface area contributed by atoms with Crippen LogP contribution in [-0.2, 0) is 4.74 Å². The Balaban J connectivity index is 1.44. The van der Waals surface area contributed by atoms with Crippen molar-refractivity contribution < 1.29 is 4.74 Å². The molecule has 4 rings (SSSR count). The first-order valence-corrected chi connectivity index (χ1v) is 9.72. The molecule has 2 aromatic heterocycles. The minimum Gasteiger partial charge on any atom is -0.399 e. The average Bonchev–Trinajstić information content (AvgIpc) is 3.20. The van der Waals surface area contributed by atoms with Gasteiger partial charge in [-0.2, -0.15) is 0 Å². The molecule has 1 saturated heterocycles. The second-order valence-corrected chi connectivity index (χ2v) is 6.96. The molecular formula is C20H26N8O. The quantitative estimate of drug-likeness (QED) is 0.523. The first-order chi connectivity index (χ1) is 14.2. The smallest absolute Gasteiger partial charge is 0.213 e. The first kappa shape index (κ1) is 19.2. The van der Waals surface area contributed by atoms with Crippen LogP contribution in [0.1, 0.15) is 5.56 Å². The molecule has 1 fully saturated rings. The van der Waals surface area contributed by atoms with E-state index < -0.39 is 0 Å². The lowest BCUT2D eigenvalue weighted by Gasteiger charge is -2.26. The highest BCUT2D eigenvalue weighted by Crippen LogP contribution is 2.23. The van der Waals surface area contributed by atoms with Crippen LogP contribution in [-0.4, -0.2) is 63.8 Å². The van der Waals surface area contributed by atoms with Gasteiger partial charge in [0, 0.05) is 56.0 Å². The Hall–Kier alpha value is -3.17. The second kappa shape index (κ2) is 8.89. The molecule has 0 spiro atoms. The molecule has 3 aromatic rings. The van der Waals surface area contributed by atoms with Gasteiger partial charge in [0.2, 0.25) is 5.95 Å². The van der Waals surface area contributed by atoms with Crippen molar-refractivity contribution in [2.24, 2.45) is 0 Å². The average molecular weight is 394 g/mol. The Kier molecular flexibility index (Phi) is 5.87. The molecule has 1 aliphatic heterocycles. The fraction of sp³-hybridized carbons (Fsp3) is 0.350. The number of benzene rings is 1. The molecule has 0 amide bonds. The van der Waals surface area contributed by atoms with Crippen molar-refractivity contribution in [3.05, 3.63) is 48.5 Å². The molecule has 0 saturated carbocycles. The normalized spacial score (nSPS) is 14.7. The van der Waals surface area contributed by atoms with E-state index in [1.807, 2.05) is 42.0 Å². The molecule has 152 valence electrons. The molecule has 3 heterocycles. The summed E-state index contributed by atoms with van der Waals surface area (Å²) in [7, 11) is 0. The molecule has 0 bridgehead atoms. The van der Waals surface area contributed by atoms with E-state index in [0.29, 0.717) is 11.6 Å². The van der Waals surface area contributed by atoms with E-state index >= 15 is 0 Å². The zero-order valence-electron chi connectivity index (χ0n) is 16.5. The van der Waals surface area contributed by atoms with Crippen LogP contribution >= 0.6 is 0 Å². The van der Waals surface area contributed by atoms with Crippen molar-refractivity contribution in [2.45, 2.75) is 6.92 Å². The molecule has 0 radical (unpaired) electrons. The van der Waals surface area contributed by atoms with Crippen LogP contribution in [0.2, 0.25) is 0 Å². The summed E-state index contributed by atoms with van der Waals surface area (Å²) in [6.45, 7) is 7.36. The predicted molar refractivity (Wildman–Crippen MR) is 114 cm³/mol. The highest BCUT2D eigenvalue weighted by atomic mass is 16.5.